The van der Waals surface area contributed by atoms with E-state index in [0.29, 0.717) is 24.0 Å². The number of pyridine rings is 1. The minimum Gasteiger partial charge on any atom is -0.339 e. The van der Waals surface area contributed by atoms with Crippen molar-refractivity contribution in [3.63, 3.8) is 0 Å². The lowest BCUT2D eigenvalue weighted by Gasteiger charge is -2.39. The number of ketones is 1. The molecule has 0 unspecified atom stereocenters. The maximum Gasteiger partial charge on any atom is 0.400 e. The van der Waals surface area contributed by atoms with Gasteiger partial charge in [-0.25, -0.2) is 4.98 Å². The Morgan fingerprint density at radius 3 is 2.68 bits per heavy atom. The number of carbonyl (C=O) groups excluding carboxylic acids is 2. The molecule has 0 N–H and O–H groups in total. The summed E-state index contributed by atoms with van der Waals surface area (Å²) in [7, 11) is 1.89. The lowest BCUT2D eigenvalue weighted by Crippen LogP contribution is -2.49. The maximum atomic E-state index is 13.1. The van der Waals surface area contributed by atoms with Gasteiger partial charge in [-0.05, 0) is 68.4 Å². The van der Waals surface area contributed by atoms with E-state index in [4.69, 9.17) is 5.26 Å². The first-order chi connectivity index (χ1) is 17.4. The van der Waals surface area contributed by atoms with E-state index in [0.717, 1.165) is 34.6 Å². The number of halogens is 3. The molecule has 1 saturated heterocycles. The van der Waals surface area contributed by atoms with Crippen LogP contribution >= 0.6 is 0 Å². The topological polar surface area (TPSA) is 79.0 Å². The number of carbonyl (C=O) groups is 2. The first kappa shape index (κ1) is 26.4. The Bertz CT molecular complexity index is 1400. The fourth-order valence-electron chi connectivity index (χ4n) is 5.27. The molecular formula is C28H29F3N4O2. The summed E-state index contributed by atoms with van der Waals surface area (Å²) in [5.74, 6) is -2.97. The predicted octanol–water partition coefficient (Wildman–Crippen LogP) is 5.47. The SMILES string of the molecule is Cc1c(CC(=O)c2cccc(C#N)c2)cnc2c1c([C@@H]1CCN(C(=O)[C@H](C)C(F)(F)F)[C@@H](C)C1)cn2C. The number of hydrogen-bond acceptors (Lipinski definition) is 4. The minimum atomic E-state index is -4.56. The number of rotatable bonds is 5. The van der Waals surface area contributed by atoms with Crippen molar-refractivity contribution in [3.05, 3.63) is 64.5 Å². The summed E-state index contributed by atoms with van der Waals surface area (Å²) in [6, 6.07) is 8.31. The second-order valence-electron chi connectivity index (χ2n) is 9.96. The minimum absolute atomic E-state index is 0.0442. The third-order valence-electron chi connectivity index (χ3n) is 7.50. The molecule has 3 atom stereocenters. The number of hydrogen-bond donors (Lipinski definition) is 0. The van der Waals surface area contributed by atoms with E-state index < -0.39 is 18.0 Å². The van der Waals surface area contributed by atoms with Crippen LogP contribution in [-0.2, 0) is 18.3 Å². The van der Waals surface area contributed by atoms with Crippen molar-refractivity contribution < 1.29 is 22.8 Å². The van der Waals surface area contributed by atoms with Crippen LogP contribution in [0.25, 0.3) is 11.0 Å². The second-order valence-corrected chi connectivity index (χ2v) is 9.96. The summed E-state index contributed by atoms with van der Waals surface area (Å²) >= 11 is 0. The van der Waals surface area contributed by atoms with Crippen molar-refractivity contribution in [1.82, 2.24) is 14.5 Å². The summed E-state index contributed by atoms with van der Waals surface area (Å²) in [5.41, 5.74) is 4.41. The van der Waals surface area contributed by atoms with Gasteiger partial charge in [0.2, 0.25) is 5.91 Å². The van der Waals surface area contributed by atoms with E-state index in [1.54, 1.807) is 37.4 Å². The molecule has 1 amide bonds. The van der Waals surface area contributed by atoms with E-state index in [1.165, 1.54) is 4.90 Å². The molecular weight excluding hydrogens is 481 g/mol. The van der Waals surface area contributed by atoms with Gasteiger partial charge in [-0.15, -0.1) is 0 Å². The van der Waals surface area contributed by atoms with Crippen molar-refractivity contribution >= 4 is 22.7 Å². The summed E-state index contributed by atoms with van der Waals surface area (Å²) in [4.78, 5) is 31.5. The van der Waals surface area contributed by atoms with Crippen LogP contribution in [0.2, 0.25) is 0 Å². The highest BCUT2D eigenvalue weighted by molar-refractivity contribution is 5.98. The van der Waals surface area contributed by atoms with E-state index in [9.17, 15) is 22.8 Å². The molecule has 2 aromatic heterocycles. The summed E-state index contributed by atoms with van der Waals surface area (Å²) in [5, 5.41) is 10.1. The fraction of sp³-hybridized carbons (Fsp3) is 0.429. The highest BCUT2D eigenvalue weighted by atomic mass is 19.4. The molecule has 3 heterocycles. The van der Waals surface area contributed by atoms with Gasteiger partial charge in [-0.3, -0.25) is 9.59 Å². The molecule has 1 aliphatic rings. The number of piperidine rings is 1. The molecule has 37 heavy (non-hydrogen) atoms. The summed E-state index contributed by atoms with van der Waals surface area (Å²) < 4.78 is 41.3. The van der Waals surface area contributed by atoms with Gasteiger partial charge in [0.1, 0.15) is 11.6 Å². The number of amides is 1. The Hall–Kier alpha value is -3.67. The Morgan fingerprint density at radius 1 is 1.30 bits per heavy atom. The van der Waals surface area contributed by atoms with Gasteiger partial charge in [0.05, 0.1) is 11.6 Å². The average Bonchev–Trinajstić information content (AvgIpc) is 3.21. The van der Waals surface area contributed by atoms with E-state index in [-0.39, 0.29) is 30.7 Å². The van der Waals surface area contributed by atoms with Gasteiger partial charge >= 0.3 is 6.18 Å². The molecule has 0 aliphatic carbocycles. The summed E-state index contributed by atoms with van der Waals surface area (Å²) in [6.07, 6.45) is 0.366. The van der Waals surface area contributed by atoms with E-state index in [1.807, 2.05) is 30.8 Å². The predicted molar refractivity (Wildman–Crippen MR) is 133 cm³/mol. The number of nitrogens with zero attached hydrogens (tertiary/aromatic N) is 4. The monoisotopic (exact) mass is 510 g/mol. The van der Waals surface area contributed by atoms with Crippen LogP contribution in [0.4, 0.5) is 13.2 Å². The fourth-order valence-corrected chi connectivity index (χ4v) is 5.27. The van der Waals surface area contributed by atoms with Crippen molar-refractivity contribution in [2.24, 2.45) is 13.0 Å². The van der Waals surface area contributed by atoms with Crippen LogP contribution in [0.1, 0.15) is 65.2 Å². The number of aryl methyl sites for hydroxylation is 2. The smallest absolute Gasteiger partial charge is 0.339 e. The maximum absolute atomic E-state index is 13.1. The molecule has 6 nitrogen and oxygen atoms in total. The number of aromatic nitrogens is 2. The average molecular weight is 511 g/mol. The molecule has 9 heteroatoms. The van der Waals surface area contributed by atoms with Gasteiger partial charge in [-0.2, -0.15) is 18.4 Å². The van der Waals surface area contributed by atoms with Crippen LogP contribution in [0.3, 0.4) is 0 Å². The number of Topliss-reactive ketones (excluding diaryl/α,β-unsaturated/α-hetero) is 1. The summed E-state index contributed by atoms with van der Waals surface area (Å²) in [6.45, 7) is 4.92. The van der Waals surface area contributed by atoms with Gasteiger partial charge < -0.3 is 9.47 Å². The van der Waals surface area contributed by atoms with Gasteiger partial charge in [0, 0.05) is 49.4 Å². The first-order valence-electron chi connectivity index (χ1n) is 12.3. The van der Waals surface area contributed by atoms with Crippen molar-refractivity contribution in [2.45, 2.75) is 58.2 Å². The van der Waals surface area contributed by atoms with Crippen molar-refractivity contribution in [3.8, 4) is 6.07 Å². The van der Waals surface area contributed by atoms with Crippen LogP contribution in [-0.4, -0.2) is 44.9 Å². The molecule has 0 radical (unpaired) electrons. The molecule has 0 spiro atoms. The molecule has 1 aromatic carbocycles. The Kier molecular flexibility index (Phi) is 7.13. The van der Waals surface area contributed by atoms with Crippen molar-refractivity contribution in [2.75, 3.05) is 6.54 Å². The molecule has 0 bridgehead atoms. The Morgan fingerprint density at radius 2 is 2.03 bits per heavy atom. The van der Waals surface area contributed by atoms with Gasteiger partial charge in [0.25, 0.3) is 0 Å². The normalized spacial score (nSPS) is 19.0. The zero-order valence-corrected chi connectivity index (χ0v) is 21.3. The van der Waals surface area contributed by atoms with Crippen LogP contribution < -0.4 is 0 Å². The second kappa shape index (κ2) is 10.0. The van der Waals surface area contributed by atoms with E-state index in [2.05, 4.69) is 4.98 Å². The number of alkyl halides is 3. The number of nitriles is 1. The third-order valence-corrected chi connectivity index (χ3v) is 7.50. The Labute approximate surface area is 213 Å². The first-order valence-corrected chi connectivity index (χ1v) is 12.3. The Balaban J connectivity index is 1.60. The highest BCUT2D eigenvalue weighted by Crippen LogP contribution is 2.39. The molecule has 1 aliphatic heterocycles. The van der Waals surface area contributed by atoms with Crippen LogP contribution in [0, 0.1) is 24.2 Å². The lowest BCUT2D eigenvalue weighted by molar-refractivity contribution is -0.187. The van der Waals surface area contributed by atoms with Crippen molar-refractivity contribution in [1.29, 1.82) is 5.26 Å². The lowest BCUT2D eigenvalue weighted by atomic mass is 9.84. The zero-order chi connectivity index (χ0) is 27.1. The largest absolute Gasteiger partial charge is 0.400 e. The molecule has 3 aromatic rings. The molecule has 4 rings (SSSR count). The van der Waals surface area contributed by atoms with Crippen LogP contribution in [0.5, 0.6) is 0 Å². The zero-order valence-electron chi connectivity index (χ0n) is 21.3. The van der Waals surface area contributed by atoms with Gasteiger partial charge in [0.15, 0.2) is 5.78 Å². The quantitative estimate of drug-likeness (QED) is 0.427. The van der Waals surface area contributed by atoms with E-state index >= 15 is 0 Å². The third kappa shape index (κ3) is 5.10. The highest BCUT2D eigenvalue weighted by Gasteiger charge is 2.45. The number of likely N-dealkylation sites (tertiary alicyclic amines) is 1. The number of benzene rings is 1. The van der Waals surface area contributed by atoms with Crippen LogP contribution in [0.15, 0.2) is 36.7 Å². The standard InChI is InChI=1S/C28H29F3N4O2/c1-16-10-20(8-9-35(16)27(37)18(3)28(29,30)31)23-15-34(4)26-25(23)17(2)22(14-33-26)12-24(36)21-7-5-6-19(11-21)13-32/h5-7,11,14-16,18,20H,8-10,12H2,1-4H3/t16-,18-,20+/m0/s1. The van der Waals surface area contributed by atoms with Gasteiger partial charge in [-0.1, -0.05) is 12.1 Å². The number of fused-ring (bicyclic) bond motifs is 1. The molecule has 1 fully saturated rings. The molecule has 194 valence electrons. The molecule has 0 saturated carbocycles.